The molecule has 33 heavy (non-hydrogen) atoms. The van der Waals surface area contributed by atoms with Crippen LogP contribution in [0, 0.1) is 5.92 Å². The second-order valence-electron chi connectivity index (χ2n) is 9.19. The predicted octanol–water partition coefficient (Wildman–Crippen LogP) is 5.32. The second kappa shape index (κ2) is 10.0. The van der Waals surface area contributed by atoms with Crippen molar-refractivity contribution in [2.75, 3.05) is 37.4 Å². The Kier molecular flexibility index (Phi) is 6.92. The maximum atomic E-state index is 12.4. The van der Waals surface area contributed by atoms with Gasteiger partial charge in [-0.05, 0) is 31.0 Å². The third-order valence-corrected chi connectivity index (χ3v) is 6.11. The maximum Gasteiger partial charge on any atom is 0.225 e. The molecule has 1 aliphatic heterocycles. The SMILES string of the molecule is CC(C)C(=O)N1CCC(c2nc(Nc3cccc(N(C)C)c3)cc(-c3ccccc3)n2)CC1. The zero-order valence-electron chi connectivity index (χ0n) is 20.0. The zero-order chi connectivity index (χ0) is 23.4. The van der Waals surface area contributed by atoms with Gasteiger partial charge in [0.15, 0.2) is 0 Å². The molecule has 1 aromatic heterocycles. The van der Waals surface area contributed by atoms with Crippen molar-refractivity contribution in [3.63, 3.8) is 0 Å². The van der Waals surface area contributed by atoms with Crippen molar-refractivity contribution in [2.45, 2.75) is 32.6 Å². The first-order valence-electron chi connectivity index (χ1n) is 11.7. The van der Waals surface area contributed by atoms with Crippen molar-refractivity contribution in [1.29, 1.82) is 0 Å². The minimum absolute atomic E-state index is 0.0351. The molecule has 1 saturated heterocycles. The highest BCUT2D eigenvalue weighted by atomic mass is 16.2. The van der Waals surface area contributed by atoms with Crippen LogP contribution in [-0.4, -0.2) is 48.0 Å². The summed E-state index contributed by atoms with van der Waals surface area (Å²) in [6, 6.07) is 20.5. The molecule has 4 rings (SSSR count). The van der Waals surface area contributed by atoms with Crippen LogP contribution in [0.4, 0.5) is 17.2 Å². The first-order valence-corrected chi connectivity index (χ1v) is 11.7. The van der Waals surface area contributed by atoms with Gasteiger partial charge in [-0.1, -0.05) is 50.2 Å². The summed E-state index contributed by atoms with van der Waals surface area (Å²) in [6.45, 7) is 5.44. The highest BCUT2D eigenvalue weighted by Crippen LogP contribution is 2.31. The van der Waals surface area contributed by atoms with Gasteiger partial charge < -0.3 is 15.1 Å². The molecule has 1 fully saturated rings. The Morgan fingerprint density at radius 1 is 1.00 bits per heavy atom. The number of hydrogen-bond acceptors (Lipinski definition) is 5. The fourth-order valence-corrected chi connectivity index (χ4v) is 4.20. The summed E-state index contributed by atoms with van der Waals surface area (Å²) < 4.78 is 0. The van der Waals surface area contributed by atoms with Crippen LogP contribution in [0.3, 0.4) is 0 Å². The van der Waals surface area contributed by atoms with Crippen LogP contribution in [0.25, 0.3) is 11.3 Å². The smallest absolute Gasteiger partial charge is 0.225 e. The Morgan fingerprint density at radius 3 is 2.39 bits per heavy atom. The van der Waals surface area contributed by atoms with E-state index >= 15 is 0 Å². The van der Waals surface area contributed by atoms with Crippen molar-refractivity contribution < 1.29 is 4.79 Å². The van der Waals surface area contributed by atoms with E-state index in [4.69, 9.17) is 9.97 Å². The summed E-state index contributed by atoms with van der Waals surface area (Å²) in [7, 11) is 4.07. The van der Waals surface area contributed by atoms with E-state index in [1.165, 1.54) is 0 Å². The van der Waals surface area contributed by atoms with Crippen molar-refractivity contribution in [2.24, 2.45) is 5.92 Å². The van der Waals surface area contributed by atoms with Crippen LogP contribution < -0.4 is 10.2 Å². The number of nitrogens with one attached hydrogen (secondary N) is 1. The summed E-state index contributed by atoms with van der Waals surface area (Å²) in [5.74, 6) is 2.14. The van der Waals surface area contributed by atoms with Gasteiger partial charge in [-0.2, -0.15) is 0 Å². The van der Waals surface area contributed by atoms with E-state index in [1.54, 1.807) is 0 Å². The molecule has 0 radical (unpaired) electrons. The fourth-order valence-electron chi connectivity index (χ4n) is 4.20. The van der Waals surface area contributed by atoms with Crippen LogP contribution in [0.1, 0.15) is 38.4 Å². The van der Waals surface area contributed by atoms with E-state index in [2.05, 4.69) is 34.5 Å². The molecule has 2 heterocycles. The molecule has 6 heteroatoms. The van der Waals surface area contributed by atoms with Gasteiger partial charge >= 0.3 is 0 Å². The number of rotatable bonds is 6. The van der Waals surface area contributed by atoms with Gasteiger partial charge in [0.1, 0.15) is 11.6 Å². The number of likely N-dealkylation sites (tertiary alicyclic amines) is 1. The Labute approximate surface area is 196 Å². The molecule has 1 amide bonds. The van der Waals surface area contributed by atoms with Crippen LogP contribution >= 0.6 is 0 Å². The lowest BCUT2D eigenvalue weighted by Crippen LogP contribution is -2.40. The molecule has 6 nitrogen and oxygen atoms in total. The molecule has 0 unspecified atom stereocenters. The summed E-state index contributed by atoms with van der Waals surface area (Å²) in [5.41, 5.74) is 4.09. The molecule has 0 atom stereocenters. The third-order valence-electron chi connectivity index (χ3n) is 6.11. The Hall–Kier alpha value is -3.41. The average molecular weight is 444 g/mol. The molecule has 172 valence electrons. The van der Waals surface area contributed by atoms with Gasteiger partial charge in [0, 0.05) is 62.0 Å². The van der Waals surface area contributed by atoms with E-state index < -0.39 is 0 Å². The van der Waals surface area contributed by atoms with Crippen molar-refractivity contribution in [3.8, 4) is 11.3 Å². The highest BCUT2D eigenvalue weighted by molar-refractivity contribution is 5.78. The molecule has 0 spiro atoms. The Morgan fingerprint density at radius 2 is 1.73 bits per heavy atom. The normalized spacial score (nSPS) is 14.4. The van der Waals surface area contributed by atoms with E-state index in [1.807, 2.05) is 69.2 Å². The summed E-state index contributed by atoms with van der Waals surface area (Å²) in [4.78, 5) is 26.3. The minimum atomic E-state index is 0.0351. The molecule has 2 aromatic carbocycles. The van der Waals surface area contributed by atoms with E-state index in [9.17, 15) is 4.79 Å². The average Bonchev–Trinajstić information content (AvgIpc) is 2.84. The minimum Gasteiger partial charge on any atom is -0.378 e. The number of hydrogen-bond donors (Lipinski definition) is 1. The number of carbonyl (C=O) groups is 1. The lowest BCUT2D eigenvalue weighted by molar-refractivity contribution is -0.135. The second-order valence-corrected chi connectivity index (χ2v) is 9.19. The largest absolute Gasteiger partial charge is 0.378 e. The van der Waals surface area contributed by atoms with Crippen molar-refractivity contribution >= 4 is 23.1 Å². The Balaban J connectivity index is 1.62. The maximum absolute atomic E-state index is 12.4. The van der Waals surface area contributed by atoms with Crippen molar-refractivity contribution in [3.05, 3.63) is 66.5 Å². The first-order chi connectivity index (χ1) is 15.9. The summed E-state index contributed by atoms with van der Waals surface area (Å²) in [5, 5.41) is 3.49. The molecule has 0 saturated carbocycles. The third kappa shape index (κ3) is 5.51. The lowest BCUT2D eigenvalue weighted by atomic mass is 9.95. The van der Waals surface area contributed by atoms with E-state index in [0.29, 0.717) is 0 Å². The standard InChI is InChI=1S/C27H33N5O/c1-19(2)27(33)32-15-13-21(14-16-32)26-29-24(20-9-6-5-7-10-20)18-25(30-26)28-22-11-8-12-23(17-22)31(3)4/h5-12,17-19,21H,13-16H2,1-4H3,(H,28,29,30). The number of aromatic nitrogens is 2. The zero-order valence-corrected chi connectivity index (χ0v) is 20.0. The molecular formula is C27H33N5O. The van der Waals surface area contributed by atoms with E-state index in [0.717, 1.165) is 60.2 Å². The molecule has 1 aliphatic rings. The van der Waals surface area contributed by atoms with Gasteiger partial charge in [-0.25, -0.2) is 9.97 Å². The van der Waals surface area contributed by atoms with Gasteiger partial charge in [0.25, 0.3) is 0 Å². The van der Waals surface area contributed by atoms with Crippen LogP contribution in [-0.2, 0) is 4.79 Å². The number of carbonyl (C=O) groups excluding carboxylic acids is 1. The molecule has 0 bridgehead atoms. The predicted molar refractivity (Wildman–Crippen MR) is 135 cm³/mol. The topological polar surface area (TPSA) is 61.4 Å². The molecule has 0 aliphatic carbocycles. The quantitative estimate of drug-likeness (QED) is 0.559. The summed E-state index contributed by atoms with van der Waals surface area (Å²) >= 11 is 0. The fraction of sp³-hybridized carbons (Fsp3) is 0.370. The molecule has 1 N–H and O–H groups in total. The molecule has 3 aromatic rings. The highest BCUT2D eigenvalue weighted by Gasteiger charge is 2.27. The van der Waals surface area contributed by atoms with Crippen LogP contribution in [0.5, 0.6) is 0 Å². The van der Waals surface area contributed by atoms with Gasteiger partial charge in [0.05, 0.1) is 5.69 Å². The van der Waals surface area contributed by atoms with Gasteiger partial charge in [-0.15, -0.1) is 0 Å². The number of amides is 1. The number of nitrogens with zero attached hydrogens (tertiary/aromatic N) is 4. The number of anilines is 3. The number of benzene rings is 2. The van der Waals surface area contributed by atoms with Crippen LogP contribution in [0.15, 0.2) is 60.7 Å². The van der Waals surface area contributed by atoms with E-state index in [-0.39, 0.29) is 17.7 Å². The first kappa shape index (κ1) is 22.8. The summed E-state index contributed by atoms with van der Waals surface area (Å²) in [6.07, 6.45) is 1.76. The van der Waals surface area contributed by atoms with Crippen LogP contribution in [0.2, 0.25) is 0 Å². The number of piperidine rings is 1. The van der Waals surface area contributed by atoms with Gasteiger partial charge in [-0.3, -0.25) is 4.79 Å². The monoisotopic (exact) mass is 443 g/mol. The van der Waals surface area contributed by atoms with Crippen molar-refractivity contribution in [1.82, 2.24) is 14.9 Å². The Bertz CT molecular complexity index is 1090. The van der Waals surface area contributed by atoms with Gasteiger partial charge in [0.2, 0.25) is 5.91 Å². The molecular weight excluding hydrogens is 410 g/mol. The lowest BCUT2D eigenvalue weighted by Gasteiger charge is -2.32.